The Balaban J connectivity index is 0.846. The van der Waals surface area contributed by atoms with Crippen LogP contribution in [0.25, 0.3) is 11.8 Å². The fraction of sp³-hybridized carbons (Fsp3) is 0.612. The number of imide groups is 1. The quantitative estimate of drug-likeness (QED) is 0.0329. The Bertz CT molecular complexity index is 2010. The van der Waals surface area contributed by atoms with E-state index in [2.05, 4.69) is 31.5 Å². The molecule has 0 fully saturated rings. The maximum absolute atomic E-state index is 13.2. The number of hydroxylamine groups is 2. The van der Waals surface area contributed by atoms with Gasteiger partial charge in [-0.05, 0) is 37.6 Å². The van der Waals surface area contributed by atoms with Gasteiger partial charge in [-0.3, -0.25) is 38.7 Å². The van der Waals surface area contributed by atoms with Gasteiger partial charge in [0.25, 0.3) is 17.7 Å². The lowest BCUT2D eigenvalue weighted by Gasteiger charge is -2.21. The van der Waals surface area contributed by atoms with Gasteiger partial charge in [-0.1, -0.05) is 6.92 Å². The third-order valence-corrected chi connectivity index (χ3v) is 10.2. The number of fused-ring (bicyclic) bond motifs is 1. The van der Waals surface area contributed by atoms with E-state index in [4.69, 9.17) is 57.9 Å². The van der Waals surface area contributed by atoms with Crippen molar-refractivity contribution in [2.45, 2.75) is 33.1 Å². The molecule has 0 saturated carbocycles. The minimum atomic E-state index is -0.499. The van der Waals surface area contributed by atoms with E-state index in [0.29, 0.717) is 161 Å². The van der Waals surface area contributed by atoms with Gasteiger partial charge in [0.05, 0.1) is 168 Å². The van der Waals surface area contributed by atoms with Crippen molar-refractivity contribution in [1.29, 1.82) is 0 Å². The molecule has 412 valence electrons. The lowest BCUT2D eigenvalue weighted by molar-refractivity contribution is -0.180. The van der Waals surface area contributed by atoms with Gasteiger partial charge >= 0.3 is 0 Å². The number of ether oxygens (including phenoxy) is 10. The molecule has 0 saturated heterocycles. The number of carbonyl (C=O) groups excluding carboxylic acids is 5. The van der Waals surface area contributed by atoms with E-state index in [1.807, 2.05) is 32.1 Å². The molecule has 4 heterocycles. The maximum Gasteiger partial charge on any atom is 0.273 e. The van der Waals surface area contributed by atoms with Crippen molar-refractivity contribution in [3.63, 3.8) is 0 Å². The smallest absolute Gasteiger partial charge is 0.273 e. The zero-order chi connectivity index (χ0) is 52.9. The van der Waals surface area contributed by atoms with Gasteiger partial charge < -0.3 is 74.6 Å². The number of nitrogens with one attached hydrogen (secondary N) is 4. The first-order valence-electron chi connectivity index (χ1n) is 24.9. The number of aliphatic imine (C=N–C) groups is 1. The van der Waals surface area contributed by atoms with E-state index in [1.165, 1.54) is 5.06 Å². The number of hydrazine groups is 1. The number of rotatable bonds is 43. The maximum atomic E-state index is 13.2. The predicted molar refractivity (Wildman–Crippen MR) is 269 cm³/mol. The zero-order valence-corrected chi connectivity index (χ0v) is 42.7. The Labute approximate surface area is 432 Å². The molecule has 25 heteroatoms. The molecule has 25 nitrogen and oxygen atoms in total. The number of hydrogen-bond acceptors (Lipinski definition) is 21. The van der Waals surface area contributed by atoms with Crippen molar-refractivity contribution >= 4 is 52.8 Å². The minimum Gasteiger partial charge on any atom is -0.387 e. The topological polar surface area (TPSA) is 293 Å². The molecule has 6 N–H and O–H groups in total. The average molecular weight is 1050 g/mol. The summed E-state index contributed by atoms with van der Waals surface area (Å²) in [5.74, 6) is -1.54. The second-order valence-electron chi connectivity index (χ2n) is 16.0. The van der Waals surface area contributed by atoms with Crippen LogP contribution >= 0.6 is 0 Å². The van der Waals surface area contributed by atoms with Crippen LogP contribution in [0.3, 0.4) is 0 Å². The van der Waals surface area contributed by atoms with E-state index < -0.39 is 17.7 Å². The van der Waals surface area contributed by atoms with Crippen molar-refractivity contribution in [2.75, 3.05) is 165 Å². The Morgan fingerprint density at radius 3 is 1.68 bits per heavy atom. The molecule has 1 aromatic rings. The summed E-state index contributed by atoms with van der Waals surface area (Å²) >= 11 is 0. The molecule has 0 bridgehead atoms. The van der Waals surface area contributed by atoms with Crippen LogP contribution in [0.15, 0.2) is 52.8 Å². The van der Waals surface area contributed by atoms with Crippen LogP contribution in [-0.2, 0) is 76.2 Å². The summed E-state index contributed by atoms with van der Waals surface area (Å²) in [5.41, 5.74) is 16.2. The van der Waals surface area contributed by atoms with Gasteiger partial charge in [0.1, 0.15) is 12.4 Å². The lowest BCUT2D eigenvalue weighted by atomic mass is 10.1. The molecule has 0 radical (unpaired) electrons. The number of aromatic nitrogens is 1. The number of allylic oxidation sites excluding steroid dienone is 2. The average Bonchev–Trinajstić information content (AvgIpc) is 3.60. The van der Waals surface area contributed by atoms with Crippen LogP contribution in [0.2, 0.25) is 0 Å². The van der Waals surface area contributed by atoms with Gasteiger partial charge in [0, 0.05) is 55.4 Å². The molecular weight excluding hydrogens is 971 g/mol. The number of carbonyl (C=O) groups is 5. The monoisotopic (exact) mass is 1050 g/mol. The molecule has 0 aromatic carbocycles. The molecule has 0 spiro atoms. The Kier molecular flexibility index (Phi) is 31.2. The van der Waals surface area contributed by atoms with Crippen molar-refractivity contribution in [3.8, 4) is 0 Å². The fourth-order valence-electron chi connectivity index (χ4n) is 6.56. The molecule has 0 atom stereocenters. The Morgan fingerprint density at radius 2 is 1.19 bits per heavy atom. The van der Waals surface area contributed by atoms with Gasteiger partial charge in [0.15, 0.2) is 0 Å². The highest BCUT2D eigenvalue weighted by Crippen LogP contribution is 2.28. The molecule has 3 aliphatic heterocycles. The van der Waals surface area contributed by atoms with E-state index in [0.717, 1.165) is 40.4 Å². The molecule has 5 amide bonds. The lowest BCUT2D eigenvalue weighted by Crippen LogP contribution is -2.41. The SMILES string of the molecule is CCCN(OCC)C(=O)C1=Cc2ncc(C3=CC=C(CNC(=O)CCOCCOCCOCCOCCOCCOCCOCCOCCOCCOCCNC(=O)CN4C(=O)C=CC4=O)NN3)cc2N=C(N)C1. The first kappa shape index (κ1) is 60.8. The van der Waals surface area contributed by atoms with Crippen molar-refractivity contribution in [1.82, 2.24) is 36.4 Å². The van der Waals surface area contributed by atoms with Gasteiger partial charge in [-0.15, -0.1) is 0 Å². The number of pyridine rings is 1. The third-order valence-electron chi connectivity index (χ3n) is 10.2. The first-order chi connectivity index (χ1) is 36.2. The highest BCUT2D eigenvalue weighted by molar-refractivity contribution is 6.14. The van der Waals surface area contributed by atoms with E-state index in [1.54, 1.807) is 12.3 Å². The van der Waals surface area contributed by atoms with Gasteiger partial charge in [-0.2, -0.15) is 0 Å². The molecule has 74 heavy (non-hydrogen) atoms. The summed E-state index contributed by atoms with van der Waals surface area (Å²) < 4.78 is 54.9. The van der Waals surface area contributed by atoms with Crippen LogP contribution in [0.4, 0.5) is 5.69 Å². The van der Waals surface area contributed by atoms with Crippen LogP contribution in [0, 0.1) is 0 Å². The molecule has 1 aromatic heterocycles. The van der Waals surface area contributed by atoms with Crippen LogP contribution in [-0.4, -0.2) is 215 Å². The number of amides is 5. The summed E-state index contributed by atoms with van der Waals surface area (Å²) in [6.45, 7) is 12.9. The fourth-order valence-corrected chi connectivity index (χ4v) is 6.56. The normalized spacial score (nSPS) is 14.1. The summed E-state index contributed by atoms with van der Waals surface area (Å²) in [7, 11) is 0. The summed E-state index contributed by atoms with van der Waals surface area (Å²) in [6.07, 6.45) is 10.5. The van der Waals surface area contributed by atoms with E-state index in [9.17, 15) is 24.0 Å². The van der Waals surface area contributed by atoms with Crippen molar-refractivity contribution in [3.05, 3.63) is 59.1 Å². The highest BCUT2D eigenvalue weighted by Gasteiger charge is 2.26. The standard InChI is InChI=1S/C49H75N9O16/c1-3-11-58(74-4-2)49(63)38-32-42-43(54-44(50)34-38)33-39(35-52-42)41-6-5-40(55-56-41)36-53-45(59)9-12-64-14-16-66-18-20-68-22-24-70-26-28-72-30-31-73-29-27-71-25-23-69-21-19-67-17-15-65-13-10-51-46(60)37-57-47(61)7-8-48(57)62/h5-8,32-33,35,55-56H,3-4,9-31,34,36-37H2,1-2H3,(H2,50,54)(H,51,60)(H,53,59). The van der Waals surface area contributed by atoms with Gasteiger partial charge in [0.2, 0.25) is 11.8 Å². The molecule has 3 aliphatic rings. The predicted octanol–water partition coefficient (Wildman–Crippen LogP) is 0.0936. The summed E-state index contributed by atoms with van der Waals surface area (Å²) in [4.78, 5) is 75.8. The van der Waals surface area contributed by atoms with Crippen LogP contribution < -0.4 is 27.2 Å². The number of amidine groups is 1. The van der Waals surface area contributed by atoms with E-state index >= 15 is 0 Å². The van der Waals surface area contributed by atoms with Crippen LogP contribution in [0.1, 0.15) is 44.4 Å². The van der Waals surface area contributed by atoms with Gasteiger partial charge in [-0.25, -0.2) is 10.1 Å². The minimum absolute atomic E-state index is 0.149. The molecule has 0 unspecified atom stereocenters. The second kappa shape index (κ2) is 37.9. The largest absolute Gasteiger partial charge is 0.387 e. The highest BCUT2D eigenvalue weighted by atomic mass is 16.7. The third kappa shape index (κ3) is 25.5. The van der Waals surface area contributed by atoms with E-state index in [-0.39, 0.29) is 51.0 Å². The number of nitrogens with two attached hydrogens (primary N) is 1. The number of hydrogen-bond donors (Lipinski definition) is 5. The zero-order valence-electron chi connectivity index (χ0n) is 42.7. The summed E-state index contributed by atoms with van der Waals surface area (Å²) in [6, 6.07) is 1.85. The molecule has 4 rings (SSSR count). The summed E-state index contributed by atoms with van der Waals surface area (Å²) in [5, 5.41) is 6.82. The molecular formula is C49H75N9O16. The molecule has 0 aliphatic carbocycles. The first-order valence-corrected chi connectivity index (χ1v) is 24.9. The number of nitrogens with zero attached hydrogens (tertiary/aromatic N) is 4. The van der Waals surface area contributed by atoms with Crippen molar-refractivity contribution < 1.29 is 76.2 Å². The Hall–Kier alpha value is -5.71. The van der Waals surface area contributed by atoms with Crippen molar-refractivity contribution in [2.24, 2.45) is 10.7 Å². The van der Waals surface area contributed by atoms with Crippen LogP contribution in [0.5, 0.6) is 0 Å². The second-order valence-corrected chi connectivity index (χ2v) is 16.0. The Morgan fingerprint density at radius 1 is 0.676 bits per heavy atom.